The lowest BCUT2D eigenvalue weighted by Crippen LogP contribution is -2.34. The maximum absolute atomic E-state index is 11.5. The number of rotatable bonds is 0. The number of nitrogens with zero attached hydrogens (tertiary/aromatic N) is 1. The highest BCUT2D eigenvalue weighted by Crippen LogP contribution is 2.16. The molecule has 12 heavy (non-hydrogen) atoms. The second-order valence-corrected chi connectivity index (χ2v) is 1.89. The molecule has 0 N–H and O–H groups in total. The van der Waals surface area contributed by atoms with Crippen LogP contribution in [0, 0.1) is 0 Å². The summed E-state index contributed by atoms with van der Waals surface area (Å²) < 4.78 is 34.4. The highest BCUT2D eigenvalue weighted by atomic mass is 19.4. The van der Waals surface area contributed by atoms with Gasteiger partial charge in [0.05, 0.1) is 0 Å². The number of hydrogen-bond acceptors (Lipinski definition) is 3. The fraction of sp³-hybridized carbons (Fsp3) is 0.600. The van der Waals surface area contributed by atoms with Crippen LogP contribution in [-0.4, -0.2) is 30.2 Å². The molecule has 0 saturated heterocycles. The predicted octanol–water partition coefficient (Wildman–Crippen LogP) is 0.485. The van der Waals surface area contributed by atoms with Crippen LogP contribution in [0.2, 0.25) is 0 Å². The molecule has 0 aliphatic carbocycles. The lowest BCUT2D eigenvalue weighted by molar-refractivity contribution is -0.232. The van der Waals surface area contributed by atoms with Gasteiger partial charge >= 0.3 is 12.1 Å². The molecule has 0 fully saturated rings. The number of amides is 1. The quantitative estimate of drug-likeness (QED) is 0.516. The Bertz CT molecular complexity index is 201. The van der Waals surface area contributed by atoms with Crippen molar-refractivity contribution in [2.45, 2.75) is 13.1 Å². The number of alkyl halides is 3. The van der Waals surface area contributed by atoms with Gasteiger partial charge in [-0.15, -0.1) is 0 Å². The van der Waals surface area contributed by atoms with E-state index in [1.165, 1.54) is 0 Å². The third-order valence-corrected chi connectivity index (χ3v) is 0.895. The van der Waals surface area contributed by atoms with Gasteiger partial charge in [0.15, 0.2) is 0 Å². The zero-order valence-corrected chi connectivity index (χ0v) is 6.31. The summed E-state index contributed by atoms with van der Waals surface area (Å²) in [5.41, 5.74) is 0. The van der Waals surface area contributed by atoms with Gasteiger partial charge in [-0.3, -0.25) is 4.79 Å². The minimum absolute atomic E-state index is 0.204. The van der Waals surface area contributed by atoms with Gasteiger partial charge in [0.2, 0.25) is 0 Å². The minimum atomic E-state index is -5.08. The number of hydrogen-bond donors (Lipinski definition) is 0. The lowest BCUT2D eigenvalue weighted by Gasteiger charge is -2.14. The standard InChI is InChI=1S/C5H6F3NO3/c1-3(10)9(2)12-4(11)5(6,7)8/h1-2H3. The molecule has 4 nitrogen and oxygen atoms in total. The van der Waals surface area contributed by atoms with Crippen LogP contribution in [0.1, 0.15) is 6.92 Å². The van der Waals surface area contributed by atoms with Gasteiger partial charge < -0.3 is 4.84 Å². The molecule has 0 aromatic carbocycles. The average molecular weight is 185 g/mol. The van der Waals surface area contributed by atoms with Gasteiger partial charge in [-0.05, 0) is 0 Å². The monoisotopic (exact) mass is 185 g/mol. The Morgan fingerprint density at radius 3 is 2.00 bits per heavy atom. The Morgan fingerprint density at radius 1 is 1.33 bits per heavy atom. The Hall–Kier alpha value is -1.27. The molecule has 0 rings (SSSR count). The maximum atomic E-state index is 11.5. The molecule has 0 saturated carbocycles. The zero-order chi connectivity index (χ0) is 9.94. The summed E-state index contributed by atoms with van der Waals surface area (Å²) >= 11 is 0. The van der Waals surface area contributed by atoms with Crippen LogP contribution in [0.25, 0.3) is 0 Å². The summed E-state index contributed by atoms with van der Waals surface area (Å²) in [7, 11) is 0.909. The Labute approximate surface area is 65.8 Å². The SMILES string of the molecule is CC(=O)N(C)OC(=O)C(F)(F)F. The van der Waals surface area contributed by atoms with Crippen molar-refractivity contribution in [1.82, 2.24) is 5.06 Å². The first-order chi connectivity index (χ1) is 5.25. The molecule has 0 atom stereocenters. The average Bonchev–Trinajstić information content (AvgIpc) is 1.85. The number of halogens is 3. The second-order valence-electron chi connectivity index (χ2n) is 1.89. The van der Waals surface area contributed by atoms with Crippen molar-refractivity contribution in [2.24, 2.45) is 0 Å². The van der Waals surface area contributed by atoms with E-state index in [2.05, 4.69) is 4.84 Å². The van der Waals surface area contributed by atoms with Crippen molar-refractivity contribution in [2.75, 3.05) is 7.05 Å². The summed E-state index contributed by atoms with van der Waals surface area (Å²) in [6.07, 6.45) is -5.08. The molecule has 70 valence electrons. The summed E-state index contributed by atoms with van der Waals surface area (Å²) in [6, 6.07) is 0. The van der Waals surface area contributed by atoms with Crippen LogP contribution in [0.3, 0.4) is 0 Å². The smallest absolute Gasteiger partial charge is 0.330 e. The third-order valence-electron chi connectivity index (χ3n) is 0.895. The van der Waals surface area contributed by atoms with Crippen molar-refractivity contribution < 1.29 is 27.6 Å². The van der Waals surface area contributed by atoms with Crippen LogP contribution in [0.5, 0.6) is 0 Å². The lowest BCUT2D eigenvalue weighted by atomic mass is 10.7. The van der Waals surface area contributed by atoms with Crippen LogP contribution in [0.4, 0.5) is 13.2 Å². The normalized spacial score (nSPS) is 10.8. The first kappa shape index (κ1) is 10.7. The van der Waals surface area contributed by atoms with Crippen molar-refractivity contribution in [3.63, 3.8) is 0 Å². The summed E-state index contributed by atoms with van der Waals surface area (Å²) in [4.78, 5) is 23.9. The largest absolute Gasteiger partial charge is 0.493 e. The van der Waals surface area contributed by atoms with Crippen LogP contribution in [0.15, 0.2) is 0 Å². The molecular weight excluding hydrogens is 179 g/mol. The molecule has 7 heteroatoms. The van der Waals surface area contributed by atoms with Crippen molar-refractivity contribution in [3.05, 3.63) is 0 Å². The number of carbonyl (C=O) groups is 2. The predicted molar refractivity (Wildman–Crippen MR) is 30.6 cm³/mol. The van der Waals surface area contributed by atoms with Crippen molar-refractivity contribution in [3.8, 4) is 0 Å². The highest BCUT2D eigenvalue weighted by Gasteiger charge is 2.42. The van der Waals surface area contributed by atoms with E-state index in [0.717, 1.165) is 14.0 Å². The molecule has 1 amide bonds. The second kappa shape index (κ2) is 3.42. The highest BCUT2D eigenvalue weighted by molar-refractivity contribution is 5.78. The zero-order valence-electron chi connectivity index (χ0n) is 6.31. The Morgan fingerprint density at radius 2 is 1.75 bits per heavy atom. The van der Waals surface area contributed by atoms with E-state index in [4.69, 9.17) is 0 Å². The molecule has 0 bridgehead atoms. The maximum Gasteiger partial charge on any atom is 0.493 e. The molecule has 0 aromatic rings. The van der Waals surface area contributed by atoms with E-state index < -0.39 is 18.1 Å². The first-order valence-corrected chi connectivity index (χ1v) is 2.78. The van der Waals surface area contributed by atoms with Crippen molar-refractivity contribution in [1.29, 1.82) is 0 Å². The number of carbonyl (C=O) groups excluding carboxylic acids is 2. The van der Waals surface area contributed by atoms with E-state index >= 15 is 0 Å². The van der Waals surface area contributed by atoms with Crippen LogP contribution >= 0.6 is 0 Å². The third kappa shape index (κ3) is 3.22. The molecule has 0 aliphatic heterocycles. The van der Waals surface area contributed by atoms with Gasteiger partial charge in [-0.1, -0.05) is 0 Å². The minimum Gasteiger partial charge on any atom is -0.330 e. The molecule has 0 radical (unpaired) electrons. The van der Waals surface area contributed by atoms with Gasteiger partial charge in [-0.25, -0.2) is 4.79 Å². The van der Waals surface area contributed by atoms with Gasteiger partial charge in [0.1, 0.15) is 0 Å². The molecule has 0 aromatic heterocycles. The van der Waals surface area contributed by atoms with Gasteiger partial charge in [0.25, 0.3) is 5.91 Å². The van der Waals surface area contributed by atoms with Crippen LogP contribution in [-0.2, 0) is 14.4 Å². The first-order valence-electron chi connectivity index (χ1n) is 2.78. The van der Waals surface area contributed by atoms with E-state index in [1.807, 2.05) is 0 Å². The van der Waals surface area contributed by atoms with E-state index in [9.17, 15) is 22.8 Å². The van der Waals surface area contributed by atoms with Gasteiger partial charge in [0, 0.05) is 14.0 Å². The Kier molecular flexibility index (Phi) is 3.06. The molecular formula is C5H6F3NO3. The topological polar surface area (TPSA) is 46.6 Å². The summed E-state index contributed by atoms with van der Waals surface area (Å²) in [5.74, 6) is -3.22. The fourth-order valence-electron chi connectivity index (χ4n) is 0.240. The molecule has 0 aliphatic rings. The van der Waals surface area contributed by atoms with E-state index in [-0.39, 0.29) is 5.06 Å². The van der Waals surface area contributed by atoms with E-state index in [1.54, 1.807) is 0 Å². The molecule has 0 spiro atoms. The Balaban J connectivity index is 4.11. The van der Waals surface area contributed by atoms with E-state index in [0.29, 0.717) is 0 Å². The van der Waals surface area contributed by atoms with Crippen LogP contribution < -0.4 is 0 Å². The fourth-order valence-corrected chi connectivity index (χ4v) is 0.240. The summed E-state index contributed by atoms with van der Waals surface area (Å²) in [5, 5.41) is 0.204. The van der Waals surface area contributed by atoms with Gasteiger partial charge in [-0.2, -0.15) is 18.2 Å². The summed E-state index contributed by atoms with van der Waals surface area (Å²) in [6.45, 7) is 0.962. The molecule has 0 heterocycles. The molecule has 0 unspecified atom stereocenters. The number of hydroxylamine groups is 2. The van der Waals surface area contributed by atoms with Crippen molar-refractivity contribution >= 4 is 11.9 Å².